The molecule has 2 aliphatic rings. The van der Waals surface area contributed by atoms with Crippen LogP contribution in [0.4, 0.5) is 4.79 Å². The van der Waals surface area contributed by atoms with Crippen LogP contribution in [0.2, 0.25) is 10.0 Å². The van der Waals surface area contributed by atoms with Crippen LogP contribution in [0.15, 0.2) is 76.2 Å². The van der Waals surface area contributed by atoms with E-state index in [2.05, 4.69) is 21.2 Å². The highest BCUT2D eigenvalue weighted by Crippen LogP contribution is 2.46. The van der Waals surface area contributed by atoms with E-state index in [1.165, 1.54) is 0 Å². The van der Waals surface area contributed by atoms with Crippen molar-refractivity contribution in [3.63, 3.8) is 0 Å². The van der Waals surface area contributed by atoms with Crippen LogP contribution in [0.1, 0.15) is 42.6 Å². The maximum absolute atomic E-state index is 14.3. The zero-order chi connectivity index (χ0) is 27.7. The third kappa shape index (κ3) is 5.93. The fourth-order valence-electron chi connectivity index (χ4n) is 4.87. The molecular weight excluding hydrogens is 603 g/mol. The SMILES string of the molecule is CC(C)Oc1cc(Br)ccc1C1=N[C@@H](c2cccc(Cl)c2)[C@@H](c2ccc(Cl)cc2)N1C(=O)N1CCNC(=O)C1. The van der Waals surface area contributed by atoms with Gasteiger partial charge in [-0.2, -0.15) is 0 Å². The van der Waals surface area contributed by atoms with E-state index in [9.17, 15) is 9.59 Å². The first-order valence-corrected chi connectivity index (χ1v) is 14.2. The Morgan fingerprint density at radius 1 is 1.05 bits per heavy atom. The summed E-state index contributed by atoms with van der Waals surface area (Å²) < 4.78 is 7.02. The number of aliphatic imine (C=N–C) groups is 1. The summed E-state index contributed by atoms with van der Waals surface area (Å²) in [6.45, 7) is 4.63. The first kappa shape index (κ1) is 27.5. The number of nitrogens with one attached hydrogen (secondary N) is 1. The summed E-state index contributed by atoms with van der Waals surface area (Å²) in [5, 5.41) is 3.95. The Kier molecular flexibility index (Phi) is 8.16. The molecule has 0 aliphatic carbocycles. The van der Waals surface area contributed by atoms with Gasteiger partial charge in [-0.25, -0.2) is 4.79 Å². The third-order valence-corrected chi connectivity index (χ3v) is 7.51. The number of carbonyl (C=O) groups is 2. The maximum Gasteiger partial charge on any atom is 0.326 e. The molecule has 1 saturated heterocycles. The van der Waals surface area contributed by atoms with Gasteiger partial charge in [0.15, 0.2) is 0 Å². The van der Waals surface area contributed by atoms with Crippen LogP contribution in [-0.2, 0) is 4.79 Å². The van der Waals surface area contributed by atoms with Gasteiger partial charge in [-0.05, 0) is 67.4 Å². The van der Waals surface area contributed by atoms with Crippen LogP contribution < -0.4 is 10.1 Å². The molecule has 2 atom stereocenters. The molecule has 0 saturated carbocycles. The average molecular weight is 630 g/mol. The summed E-state index contributed by atoms with van der Waals surface area (Å²) in [4.78, 5) is 35.0. The molecule has 3 aromatic carbocycles. The predicted octanol–water partition coefficient (Wildman–Crippen LogP) is 6.64. The minimum absolute atomic E-state index is 0.0343. The van der Waals surface area contributed by atoms with E-state index in [1.54, 1.807) is 28.0 Å². The number of halogens is 3. The minimum atomic E-state index is -0.524. The lowest BCUT2D eigenvalue weighted by Crippen LogP contribution is -2.55. The second kappa shape index (κ2) is 11.6. The molecule has 1 N–H and O–H groups in total. The first-order chi connectivity index (χ1) is 18.7. The Labute approximate surface area is 245 Å². The highest BCUT2D eigenvalue weighted by Gasteiger charge is 2.45. The highest BCUT2D eigenvalue weighted by molar-refractivity contribution is 9.10. The monoisotopic (exact) mass is 628 g/mol. The van der Waals surface area contributed by atoms with E-state index in [0.29, 0.717) is 40.3 Å². The zero-order valence-electron chi connectivity index (χ0n) is 21.4. The molecule has 0 unspecified atom stereocenters. The Morgan fingerprint density at radius 2 is 1.82 bits per heavy atom. The molecular formula is C29H27BrCl2N4O3. The lowest BCUT2D eigenvalue weighted by atomic mass is 9.93. The number of hydrogen-bond acceptors (Lipinski definition) is 4. The molecule has 1 fully saturated rings. The molecule has 0 aromatic heterocycles. The summed E-state index contributed by atoms with van der Waals surface area (Å²) in [7, 11) is 0. The molecule has 3 amide bonds. The van der Waals surface area contributed by atoms with Crippen LogP contribution in [0, 0.1) is 0 Å². The first-order valence-electron chi connectivity index (χ1n) is 12.6. The Morgan fingerprint density at radius 3 is 2.51 bits per heavy atom. The second-order valence-electron chi connectivity index (χ2n) is 9.68. The van der Waals surface area contributed by atoms with Gasteiger partial charge >= 0.3 is 6.03 Å². The molecule has 0 radical (unpaired) electrons. The van der Waals surface area contributed by atoms with E-state index < -0.39 is 12.1 Å². The molecule has 0 spiro atoms. The van der Waals surface area contributed by atoms with E-state index in [0.717, 1.165) is 15.6 Å². The Balaban J connectivity index is 1.71. The second-order valence-corrected chi connectivity index (χ2v) is 11.5. The molecule has 2 aliphatic heterocycles. The van der Waals surface area contributed by atoms with Gasteiger partial charge in [0.25, 0.3) is 0 Å². The van der Waals surface area contributed by atoms with Crippen LogP contribution >= 0.6 is 39.1 Å². The number of hydrogen-bond donors (Lipinski definition) is 1. The van der Waals surface area contributed by atoms with E-state index in [4.69, 9.17) is 32.9 Å². The van der Waals surface area contributed by atoms with Gasteiger partial charge in [0.05, 0.1) is 17.7 Å². The van der Waals surface area contributed by atoms with Gasteiger partial charge < -0.3 is 15.0 Å². The maximum atomic E-state index is 14.3. The van der Waals surface area contributed by atoms with Crippen LogP contribution in [0.25, 0.3) is 0 Å². The Bertz CT molecular complexity index is 1430. The number of rotatable bonds is 5. The van der Waals surface area contributed by atoms with Crippen molar-refractivity contribution in [2.75, 3.05) is 19.6 Å². The number of nitrogens with zero attached hydrogens (tertiary/aromatic N) is 3. The summed E-state index contributed by atoms with van der Waals surface area (Å²) >= 11 is 16.2. The molecule has 10 heteroatoms. The van der Waals surface area contributed by atoms with Crippen molar-refractivity contribution < 1.29 is 14.3 Å². The number of amidine groups is 1. The lowest BCUT2D eigenvalue weighted by molar-refractivity contribution is -0.123. The Hall–Kier alpha value is -3.07. The normalized spacial score (nSPS) is 19.2. The quantitative estimate of drug-likeness (QED) is 0.344. The predicted molar refractivity (Wildman–Crippen MR) is 157 cm³/mol. The van der Waals surface area contributed by atoms with Gasteiger partial charge in [-0.3, -0.25) is 14.7 Å². The number of urea groups is 1. The van der Waals surface area contributed by atoms with Gasteiger partial charge in [0.2, 0.25) is 5.91 Å². The fourth-order valence-corrected chi connectivity index (χ4v) is 5.54. The number of amides is 3. The smallest absolute Gasteiger partial charge is 0.326 e. The summed E-state index contributed by atoms with van der Waals surface area (Å²) in [5.41, 5.74) is 2.38. The van der Waals surface area contributed by atoms with Crippen LogP contribution in [0.3, 0.4) is 0 Å². The summed E-state index contributed by atoms with van der Waals surface area (Å²) in [6.07, 6.45) is -0.106. The van der Waals surface area contributed by atoms with Gasteiger partial charge in [0, 0.05) is 27.6 Å². The van der Waals surface area contributed by atoms with E-state index in [1.807, 2.05) is 62.4 Å². The largest absolute Gasteiger partial charge is 0.490 e. The molecule has 202 valence electrons. The molecule has 2 heterocycles. The zero-order valence-corrected chi connectivity index (χ0v) is 24.5. The summed E-state index contributed by atoms with van der Waals surface area (Å²) in [6, 6.07) is 19.3. The molecule has 39 heavy (non-hydrogen) atoms. The molecule has 0 bridgehead atoms. The molecule has 7 nitrogen and oxygen atoms in total. The molecule has 3 aromatic rings. The van der Waals surface area contributed by atoms with E-state index >= 15 is 0 Å². The number of piperazine rings is 1. The topological polar surface area (TPSA) is 74.2 Å². The van der Waals surface area contributed by atoms with Crippen molar-refractivity contribution in [3.8, 4) is 5.75 Å². The molecule has 5 rings (SSSR count). The van der Waals surface area contributed by atoms with Crippen molar-refractivity contribution in [2.45, 2.75) is 32.0 Å². The van der Waals surface area contributed by atoms with Crippen molar-refractivity contribution in [1.29, 1.82) is 0 Å². The third-order valence-electron chi connectivity index (χ3n) is 6.53. The number of benzene rings is 3. The van der Waals surface area contributed by atoms with Gasteiger partial charge in [-0.15, -0.1) is 0 Å². The summed E-state index contributed by atoms with van der Waals surface area (Å²) in [5.74, 6) is 0.849. The van der Waals surface area contributed by atoms with E-state index in [-0.39, 0.29) is 24.6 Å². The van der Waals surface area contributed by atoms with Crippen molar-refractivity contribution in [2.24, 2.45) is 4.99 Å². The lowest BCUT2D eigenvalue weighted by Gasteiger charge is -2.36. The van der Waals surface area contributed by atoms with Crippen molar-refractivity contribution in [1.82, 2.24) is 15.1 Å². The fraction of sp³-hybridized carbons (Fsp3) is 0.276. The van der Waals surface area contributed by atoms with Crippen LogP contribution in [0.5, 0.6) is 5.75 Å². The standard InChI is InChI=1S/C29H27BrCl2N4O3/c1-17(2)39-24-15-20(30)8-11-23(24)28-34-26(19-4-3-5-22(32)14-19)27(18-6-9-21(31)10-7-18)36(28)29(38)35-13-12-33-25(37)16-35/h3-11,14-15,17,26-27H,12-13,16H2,1-2H3,(H,33,37)/t26-,27+/m0/s1. The van der Waals surface area contributed by atoms with Crippen molar-refractivity contribution in [3.05, 3.63) is 97.9 Å². The van der Waals surface area contributed by atoms with Crippen molar-refractivity contribution >= 4 is 56.9 Å². The highest BCUT2D eigenvalue weighted by atomic mass is 79.9. The number of ether oxygens (including phenoxy) is 1. The van der Waals surface area contributed by atoms with Gasteiger partial charge in [-0.1, -0.05) is 63.4 Å². The average Bonchev–Trinajstić information content (AvgIpc) is 3.29. The number of carbonyl (C=O) groups excluding carboxylic acids is 2. The van der Waals surface area contributed by atoms with Gasteiger partial charge in [0.1, 0.15) is 24.2 Å². The minimum Gasteiger partial charge on any atom is -0.490 e. The van der Waals surface area contributed by atoms with Crippen LogP contribution in [-0.4, -0.2) is 53.3 Å².